The summed E-state index contributed by atoms with van der Waals surface area (Å²) in [5.74, 6) is -1.09. The number of carboxylic acid groups (broad SMARTS) is 1. The summed E-state index contributed by atoms with van der Waals surface area (Å²) in [6.45, 7) is 4.86. The number of likely N-dealkylation sites (N-methyl/N-ethyl adjacent to an activating group) is 1. The number of carbonyl (C=O) groups is 1. The van der Waals surface area contributed by atoms with Gasteiger partial charge in [0, 0.05) is 18.7 Å². The maximum atomic E-state index is 11.1. The molecule has 1 saturated heterocycles. The summed E-state index contributed by atoms with van der Waals surface area (Å²) in [6.07, 6.45) is 1.95. The van der Waals surface area contributed by atoms with E-state index in [0.29, 0.717) is 0 Å². The first-order valence-corrected chi connectivity index (χ1v) is 7.02. The van der Waals surface area contributed by atoms with Crippen LogP contribution in [0, 0.1) is 10.1 Å². The average molecular weight is 293 g/mol. The van der Waals surface area contributed by atoms with E-state index >= 15 is 0 Å². The van der Waals surface area contributed by atoms with E-state index in [-0.39, 0.29) is 23.0 Å². The Labute approximate surface area is 122 Å². The maximum Gasteiger partial charge on any atom is 0.335 e. The number of piperidine rings is 1. The number of nitro benzene ring substituents is 1. The molecule has 0 aliphatic carbocycles. The van der Waals surface area contributed by atoms with Gasteiger partial charge in [-0.15, -0.1) is 0 Å². The molecule has 114 valence electrons. The van der Waals surface area contributed by atoms with E-state index in [1.807, 2.05) is 0 Å². The fourth-order valence-electron chi connectivity index (χ4n) is 2.62. The number of aromatic carboxylic acids is 1. The second-order valence-electron chi connectivity index (χ2n) is 5.17. The topological polar surface area (TPSA) is 95.7 Å². The zero-order valence-electron chi connectivity index (χ0n) is 11.9. The Bertz CT molecular complexity index is 547. The van der Waals surface area contributed by atoms with Crippen molar-refractivity contribution in [3.8, 4) is 0 Å². The summed E-state index contributed by atoms with van der Waals surface area (Å²) < 4.78 is 0. The Morgan fingerprint density at radius 3 is 2.95 bits per heavy atom. The largest absolute Gasteiger partial charge is 0.478 e. The third kappa shape index (κ3) is 3.69. The Kier molecular flexibility index (Phi) is 4.74. The molecule has 1 aromatic carbocycles. The van der Waals surface area contributed by atoms with Crippen molar-refractivity contribution in [2.24, 2.45) is 0 Å². The van der Waals surface area contributed by atoms with Crippen molar-refractivity contribution >= 4 is 17.3 Å². The van der Waals surface area contributed by atoms with Gasteiger partial charge in [-0.3, -0.25) is 10.1 Å². The Morgan fingerprint density at radius 1 is 1.57 bits per heavy atom. The summed E-state index contributed by atoms with van der Waals surface area (Å²) in [7, 11) is 0. The molecule has 1 unspecified atom stereocenters. The van der Waals surface area contributed by atoms with Crippen LogP contribution in [0.25, 0.3) is 0 Å². The molecule has 1 fully saturated rings. The minimum Gasteiger partial charge on any atom is -0.478 e. The average Bonchev–Trinajstić information content (AvgIpc) is 2.47. The quantitative estimate of drug-likeness (QED) is 0.638. The summed E-state index contributed by atoms with van der Waals surface area (Å²) in [5, 5.41) is 23.2. The predicted octanol–water partition coefficient (Wildman–Crippen LogP) is 2.19. The molecule has 0 aromatic heterocycles. The fraction of sp³-hybridized carbons (Fsp3) is 0.500. The van der Waals surface area contributed by atoms with E-state index in [1.54, 1.807) is 0 Å². The molecular formula is C14H19N3O4. The van der Waals surface area contributed by atoms with Crippen LogP contribution in [0.5, 0.6) is 0 Å². The van der Waals surface area contributed by atoms with E-state index in [2.05, 4.69) is 17.1 Å². The van der Waals surface area contributed by atoms with Gasteiger partial charge in [0.05, 0.1) is 10.5 Å². The minimum absolute atomic E-state index is 0.0475. The first-order valence-electron chi connectivity index (χ1n) is 7.02. The van der Waals surface area contributed by atoms with Crippen molar-refractivity contribution in [2.45, 2.75) is 25.8 Å². The van der Waals surface area contributed by atoms with E-state index in [4.69, 9.17) is 5.11 Å². The lowest BCUT2D eigenvalue weighted by Gasteiger charge is -2.32. The van der Waals surface area contributed by atoms with Crippen LogP contribution in [0.4, 0.5) is 11.4 Å². The van der Waals surface area contributed by atoms with Crippen LogP contribution in [-0.2, 0) is 0 Å². The van der Waals surface area contributed by atoms with Crippen LogP contribution >= 0.6 is 0 Å². The summed E-state index contributed by atoms with van der Waals surface area (Å²) in [4.78, 5) is 23.9. The van der Waals surface area contributed by atoms with Crippen molar-refractivity contribution in [3.63, 3.8) is 0 Å². The molecule has 2 rings (SSSR count). The van der Waals surface area contributed by atoms with Crippen molar-refractivity contribution in [1.29, 1.82) is 0 Å². The minimum atomic E-state index is -1.09. The third-order valence-corrected chi connectivity index (χ3v) is 3.75. The van der Waals surface area contributed by atoms with Crippen molar-refractivity contribution < 1.29 is 14.8 Å². The smallest absolute Gasteiger partial charge is 0.335 e. The molecule has 7 heteroatoms. The molecular weight excluding hydrogens is 274 g/mol. The van der Waals surface area contributed by atoms with Crippen LogP contribution in [0.1, 0.15) is 30.1 Å². The number of hydrogen-bond acceptors (Lipinski definition) is 5. The zero-order chi connectivity index (χ0) is 15.4. The van der Waals surface area contributed by atoms with Crippen LogP contribution in [0.2, 0.25) is 0 Å². The number of likely N-dealkylation sites (tertiary alicyclic amines) is 1. The van der Waals surface area contributed by atoms with Crippen molar-refractivity contribution in [2.75, 3.05) is 25.0 Å². The molecule has 2 N–H and O–H groups in total. The number of rotatable bonds is 5. The van der Waals surface area contributed by atoms with Gasteiger partial charge in [-0.2, -0.15) is 0 Å². The van der Waals surface area contributed by atoms with Gasteiger partial charge < -0.3 is 15.3 Å². The van der Waals surface area contributed by atoms with E-state index in [1.165, 1.54) is 18.2 Å². The number of nitrogens with zero attached hydrogens (tertiary/aromatic N) is 2. The van der Waals surface area contributed by atoms with E-state index < -0.39 is 10.9 Å². The standard InChI is InChI=1S/C14H19N3O4/c1-2-16-7-3-4-11(9-16)15-12-8-10(14(18)19)5-6-13(12)17(20)21/h5-6,8,11,15H,2-4,7,9H2,1H3,(H,18,19). The molecule has 1 aromatic rings. The fourth-order valence-corrected chi connectivity index (χ4v) is 2.62. The van der Waals surface area contributed by atoms with Crippen LogP contribution in [-0.4, -0.2) is 46.6 Å². The van der Waals surface area contributed by atoms with Gasteiger partial charge in [0.25, 0.3) is 5.69 Å². The highest BCUT2D eigenvalue weighted by Gasteiger charge is 2.23. The van der Waals surface area contributed by atoms with Gasteiger partial charge in [-0.1, -0.05) is 6.92 Å². The number of carboxylic acids is 1. The first-order chi connectivity index (χ1) is 10.0. The van der Waals surface area contributed by atoms with E-state index in [9.17, 15) is 14.9 Å². The van der Waals surface area contributed by atoms with Gasteiger partial charge in [-0.25, -0.2) is 4.79 Å². The van der Waals surface area contributed by atoms with E-state index in [0.717, 1.165) is 32.5 Å². The van der Waals surface area contributed by atoms with Gasteiger partial charge >= 0.3 is 5.97 Å². The highest BCUT2D eigenvalue weighted by atomic mass is 16.6. The number of nitro groups is 1. The Hall–Kier alpha value is -2.15. The molecule has 0 spiro atoms. The lowest BCUT2D eigenvalue weighted by Crippen LogP contribution is -2.41. The maximum absolute atomic E-state index is 11.1. The second kappa shape index (κ2) is 6.53. The number of nitrogens with one attached hydrogen (secondary N) is 1. The molecule has 7 nitrogen and oxygen atoms in total. The number of anilines is 1. The summed E-state index contributed by atoms with van der Waals surface area (Å²) >= 11 is 0. The monoisotopic (exact) mass is 293 g/mol. The molecule has 21 heavy (non-hydrogen) atoms. The Morgan fingerprint density at radius 2 is 2.33 bits per heavy atom. The highest BCUT2D eigenvalue weighted by Crippen LogP contribution is 2.27. The second-order valence-corrected chi connectivity index (χ2v) is 5.17. The predicted molar refractivity (Wildman–Crippen MR) is 78.8 cm³/mol. The molecule has 0 saturated carbocycles. The highest BCUT2D eigenvalue weighted by molar-refractivity contribution is 5.90. The third-order valence-electron chi connectivity index (χ3n) is 3.75. The lowest BCUT2D eigenvalue weighted by molar-refractivity contribution is -0.384. The van der Waals surface area contributed by atoms with Gasteiger partial charge in [-0.05, 0) is 38.1 Å². The number of benzene rings is 1. The van der Waals surface area contributed by atoms with Gasteiger partial charge in [0.2, 0.25) is 0 Å². The normalized spacial score (nSPS) is 19.2. The molecule has 1 aliphatic rings. The lowest BCUT2D eigenvalue weighted by atomic mass is 10.0. The molecule has 0 amide bonds. The molecule has 1 aliphatic heterocycles. The summed E-state index contributed by atoms with van der Waals surface area (Å²) in [5.41, 5.74) is 0.239. The van der Waals surface area contributed by atoms with Crippen LogP contribution < -0.4 is 5.32 Å². The first kappa shape index (κ1) is 15.2. The SMILES string of the molecule is CCN1CCCC(Nc2cc(C(=O)O)ccc2[N+](=O)[O-])C1. The molecule has 0 bridgehead atoms. The van der Waals surface area contributed by atoms with Gasteiger partial charge in [0.15, 0.2) is 0 Å². The number of hydrogen-bond donors (Lipinski definition) is 2. The van der Waals surface area contributed by atoms with Crippen molar-refractivity contribution in [3.05, 3.63) is 33.9 Å². The Balaban J connectivity index is 2.22. The van der Waals surface area contributed by atoms with Crippen LogP contribution in [0.15, 0.2) is 18.2 Å². The van der Waals surface area contributed by atoms with Crippen molar-refractivity contribution in [1.82, 2.24) is 4.90 Å². The molecule has 0 radical (unpaired) electrons. The summed E-state index contributed by atoms with van der Waals surface area (Å²) in [6, 6.07) is 3.93. The van der Waals surface area contributed by atoms with Crippen LogP contribution in [0.3, 0.4) is 0 Å². The molecule has 1 atom stereocenters. The zero-order valence-corrected chi connectivity index (χ0v) is 11.9. The van der Waals surface area contributed by atoms with Gasteiger partial charge in [0.1, 0.15) is 5.69 Å². The molecule has 1 heterocycles.